The van der Waals surface area contributed by atoms with Gasteiger partial charge in [-0.05, 0) is 18.4 Å². The number of thioether (sulfide) groups is 1. The molecule has 0 bridgehead atoms. The van der Waals surface area contributed by atoms with Crippen molar-refractivity contribution in [1.82, 2.24) is 14.6 Å². The number of hydrogen-bond acceptors (Lipinski definition) is 3. The lowest BCUT2D eigenvalue weighted by Gasteiger charge is -1.97. The average Bonchev–Trinajstić information content (AvgIpc) is 2.50. The van der Waals surface area contributed by atoms with E-state index in [1.807, 2.05) is 22.9 Å². The first-order valence-electron chi connectivity index (χ1n) is 3.24. The molecule has 0 aliphatic heterocycles. The number of hydrogen-bond donors (Lipinski definition) is 0. The number of nitrogens with zero attached hydrogens (tertiary/aromatic N) is 3. The molecule has 0 aliphatic rings. The smallest absolute Gasteiger partial charge is 0.188 e. The monoisotopic (exact) mass is 165 g/mol. The first-order valence-corrected chi connectivity index (χ1v) is 4.47. The summed E-state index contributed by atoms with van der Waals surface area (Å²) in [6, 6.07) is 3.90. The summed E-state index contributed by atoms with van der Waals surface area (Å²) in [6.07, 6.45) is 5.56. The molecule has 0 aromatic carbocycles. The molecular weight excluding hydrogens is 158 g/mol. The summed E-state index contributed by atoms with van der Waals surface area (Å²) >= 11 is 1.59. The molecule has 0 N–H and O–H groups in total. The maximum absolute atomic E-state index is 4.16. The highest BCUT2D eigenvalue weighted by Crippen LogP contribution is 2.11. The summed E-state index contributed by atoms with van der Waals surface area (Å²) in [6.45, 7) is 0. The Labute approximate surface area is 68.4 Å². The van der Waals surface area contributed by atoms with Crippen LogP contribution in [0.15, 0.2) is 29.7 Å². The summed E-state index contributed by atoms with van der Waals surface area (Å²) in [5.41, 5.74) is 1.09. The molecule has 3 nitrogen and oxygen atoms in total. The van der Waals surface area contributed by atoms with Gasteiger partial charge in [0.1, 0.15) is 0 Å². The molecule has 2 aromatic heterocycles. The van der Waals surface area contributed by atoms with Crippen molar-refractivity contribution < 1.29 is 0 Å². The molecule has 0 saturated heterocycles. The molecule has 0 radical (unpaired) electrons. The van der Waals surface area contributed by atoms with E-state index in [1.54, 1.807) is 24.2 Å². The molecule has 4 heteroatoms. The van der Waals surface area contributed by atoms with Crippen molar-refractivity contribution >= 4 is 17.3 Å². The normalized spacial score (nSPS) is 10.6. The van der Waals surface area contributed by atoms with Gasteiger partial charge in [0.2, 0.25) is 0 Å². The van der Waals surface area contributed by atoms with Crippen molar-refractivity contribution in [3.05, 3.63) is 24.5 Å². The van der Waals surface area contributed by atoms with Crippen LogP contribution in [-0.2, 0) is 0 Å². The van der Waals surface area contributed by atoms with Gasteiger partial charge in [-0.25, -0.2) is 9.50 Å². The van der Waals surface area contributed by atoms with E-state index < -0.39 is 0 Å². The van der Waals surface area contributed by atoms with Crippen LogP contribution in [0, 0.1) is 0 Å². The van der Waals surface area contributed by atoms with E-state index in [0.29, 0.717) is 0 Å². The zero-order valence-corrected chi connectivity index (χ0v) is 6.88. The zero-order valence-electron chi connectivity index (χ0n) is 6.06. The Kier molecular flexibility index (Phi) is 1.54. The Morgan fingerprint density at radius 3 is 3.00 bits per heavy atom. The van der Waals surface area contributed by atoms with Crippen LogP contribution < -0.4 is 0 Å². The van der Waals surface area contributed by atoms with E-state index in [-0.39, 0.29) is 0 Å². The van der Waals surface area contributed by atoms with Crippen LogP contribution in [-0.4, -0.2) is 20.9 Å². The number of fused-ring (bicyclic) bond motifs is 1. The lowest BCUT2D eigenvalue weighted by molar-refractivity contribution is 0.796. The first kappa shape index (κ1) is 6.67. The Morgan fingerprint density at radius 2 is 2.18 bits per heavy atom. The minimum absolute atomic E-state index is 0.924. The standard InChI is InChI=1S/C7H7N3S/c1-11-7-8-4-2-6-3-5-9-10(6)7/h2-5H,1H3. The van der Waals surface area contributed by atoms with Crippen LogP contribution >= 0.6 is 11.8 Å². The lowest BCUT2D eigenvalue weighted by Crippen LogP contribution is -1.93. The molecule has 0 saturated carbocycles. The van der Waals surface area contributed by atoms with Crippen LogP contribution in [0.4, 0.5) is 0 Å². The van der Waals surface area contributed by atoms with Gasteiger partial charge >= 0.3 is 0 Å². The van der Waals surface area contributed by atoms with E-state index in [2.05, 4.69) is 10.1 Å². The fraction of sp³-hybridized carbons (Fsp3) is 0.143. The van der Waals surface area contributed by atoms with Crippen LogP contribution in [0.5, 0.6) is 0 Å². The second-order valence-corrected chi connectivity index (χ2v) is 2.87. The third kappa shape index (κ3) is 0.991. The van der Waals surface area contributed by atoms with Crippen molar-refractivity contribution in [3.8, 4) is 0 Å². The number of rotatable bonds is 1. The second-order valence-electron chi connectivity index (χ2n) is 2.10. The predicted octanol–water partition coefficient (Wildman–Crippen LogP) is 1.45. The first-order chi connectivity index (χ1) is 5.42. The highest BCUT2D eigenvalue weighted by atomic mass is 32.2. The molecule has 2 heterocycles. The van der Waals surface area contributed by atoms with E-state index >= 15 is 0 Å². The van der Waals surface area contributed by atoms with Gasteiger partial charge < -0.3 is 0 Å². The van der Waals surface area contributed by atoms with Crippen LogP contribution in [0.2, 0.25) is 0 Å². The maximum Gasteiger partial charge on any atom is 0.188 e. The van der Waals surface area contributed by atoms with Gasteiger partial charge in [-0.15, -0.1) is 0 Å². The van der Waals surface area contributed by atoms with E-state index in [9.17, 15) is 0 Å². The summed E-state index contributed by atoms with van der Waals surface area (Å²) in [5.74, 6) is 0. The van der Waals surface area contributed by atoms with E-state index in [1.165, 1.54) is 0 Å². The van der Waals surface area contributed by atoms with Gasteiger partial charge in [-0.2, -0.15) is 5.10 Å². The SMILES string of the molecule is CSc1nccc2ccnn12. The van der Waals surface area contributed by atoms with Crippen molar-refractivity contribution in [3.63, 3.8) is 0 Å². The molecule has 0 spiro atoms. The molecule has 56 valence electrons. The van der Waals surface area contributed by atoms with Gasteiger partial charge in [0.05, 0.1) is 11.7 Å². The van der Waals surface area contributed by atoms with Gasteiger partial charge in [-0.3, -0.25) is 0 Å². The van der Waals surface area contributed by atoms with Crippen molar-refractivity contribution in [1.29, 1.82) is 0 Å². The Bertz CT molecular complexity index is 368. The summed E-state index contributed by atoms with van der Waals surface area (Å²) in [7, 11) is 0. The molecule has 0 aliphatic carbocycles. The summed E-state index contributed by atoms with van der Waals surface area (Å²) in [4.78, 5) is 4.16. The van der Waals surface area contributed by atoms with Gasteiger partial charge in [0.25, 0.3) is 0 Å². The Morgan fingerprint density at radius 1 is 1.36 bits per heavy atom. The predicted molar refractivity (Wildman–Crippen MR) is 44.8 cm³/mol. The second kappa shape index (κ2) is 2.54. The van der Waals surface area contributed by atoms with Crippen molar-refractivity contribution in [2.45, 2.75) is 5.16 Å². The van der Waals surface area contributed by atoms with Gasteiger partial charge in [0, 0.05) is 6.20 Å². The average molecular weight is 165 g/mol. The topological polar surface area (TPSA) is 30.2 Å². The summed E-state index contributed by atoms with van der Waals surface area (Å²) < 4.78 is 1.82. The molecule has 2 rings (SSSR count). The van der Waals surface area contributed by atoms with Gasteiger partial charge in [0.15, 0.2) is 5.16 Å². The molecule has 2 aromatic rings. The zero-order chi connectivity index (χ0) is 7.68. The Hall–Kier alpha value is -1.03. The van der Waals surface area contributed by atoms with Crippen molar-refractivity contribution in [2.75, 3.05) is 6.26 Å². The van der Waals surface area contributed by atoms with Crippen LogP contribution in [0.3, 0.4) is 0 Å². The maximum atomic E-state index is 4.16. The Balaban J connectivity index is 2.79. The van der Waals surface area contributed by atoms with E-state index in [4.69, 9.17) is 0 Å². The molecule has 0 amide bonds. The van der Waals surface area contributed by atoms with E-state index in [0.717, 1.165) is 10.7 Å². The fourth-order valence-corrected chi connectivity index (χ4v) is 1.46. The van der Waals surface area contributed by atoms with Gasteiger partial charge in [-0.1, -0.05) is 11.8 Å². The largest absolute Gasteiger partial charge is 0.231 e. The van der Waals surface area contributed by atoms with Crippen molar-refractivity contribution in [2.24, 2.45) is 0 Å². The lowest BCUT2D eigenvalue weighted by atomic mass is 10.5. The van der Waals surface area contributed by atoms with Crippen LogP contribution in [0.1, 0.15) is 0 Å². The third-order valence-electron chi connectivity index (χ3n) is 1.47. The molecule has 0 unspecified atom stereocenters. The molecule has 0 fully saturated rings. The summed E-state index contributed by atoms with van der Waals surface area (Å²) in [5, 5.41) is 5.05. The van der Waals surface area contributed by atoms with Crippen LogP contribution in [0.25, 0.3) is 5.52 Å². The minimum Gasteiger partial charge on any atom is -0.231 e. The molecular formula is C7H7N3S. The highest BCUT2D eigenvalue weighted by molar-refractivity contribution is 7.98. The number of aromatic nitrogens is 3. The fourth-order valence-electron chi connectivity index (χ4n) is 0.971. The highest BCUT2D eigenvalue weighted by Gasteiger charge is 1.98. The quantitative estimate of drug-likeness (QED) is 0.473. The third-order valence-corrected chi connectivity index (χ3v) is 2.11. The molecule has 0 atom stereocenters. The minimum atomic E-state index is 0.924. The molecule has 11 heavy (non-hydrogen) atoms.